The molecule has 6 rings (SSSR count). The normalized spacial score (nSPS) is 20.8. The number of benzene rings is 1. The number of ether oxygens (including phenoxy) is 1. The number of halogens is 2. The van der Waals surface area contributed by atoms with Crippen molar-refractivity contribution >= 4 is 28.7 Å². The molecule has 0 spiro atoms. The van der Waals surface area contributed by atoms with E-state index >= 15 is 0 Å². The van der Waals surface area contributed by atoms with Gasteiger partial charge in [-0.25, -0.2) is 13.8 Å². The number of piperazine rings is 1. The number of aromatic nitrogens is 4. The molecule has 196 valence electrons. The Labute approximate surface area is 213 Å². The van der Waals surface area contributed by atoms with Crippen LogP contribution in [0.1, 0.15) is 25.1 Å². The quantitative estimate of drug-likeness (QED) is 0.555. The zero-order valence-electron chi connectivity index (χ0n) is 20.5. The van der Waals surface area contributed by atoms with Gasteiger partial charge in [-0.05, 0) is 31.5 Å². The molecule has 5 heterocycles. The van der Waals surface area contributed by atoms with Gasteiger partial charge in [-0.15, -0.1) is 0 Å². The van der Waals surface area contributed by atoms with Gasteiger partial charge < -0.3 is 24.8 Å². The number of hydrogen-bond acceptors (Lipinski definition) is 8. The number of rotatable bonds is 5. The lowest BCUT2D eigenvalue weighted by Crippen LogP contribution is -2.53. The first kappa shape index (κ1) is 24.0. The number of carbonyl (C=O) groups is 1. The van der Waals surface area contributed by atoms with Crippen LogP contribution in [0.15, 0.2) is 30.3 Å². The number of anilines is 2. The van der Waals surface area contributed by atoms with Crippen LogP contribution in [0.2, 0.25) is 0 Å². The molecule has 3 aliphatic rings. The molecule has 1 amide bonds. The highest BCUT2D eigenvalue weighted by molar-refractivity contribution is 5.82. The van der Waals surface area contributed by atoms with Crippen LogP contribution in [0.4, 0.5) is 20.5 Å². The largest absolute Gasteiger partial charge is 0.378 e. The standard InChI is InChI=1S/C25H30F2N8O2/c26-22(27)23-29-17-4-1-2-6-19(17)35(23)21-16-20(30-25(31-21)34-12-14-37-15-13-34)32-8-10-33(11-9-32)24(36)18-5-3-7-28-18/h1-2,4,6,16,18,22,28H,3,5,7-15H2/t18-/m0/s1. The third-order valence-electron chi connectivity index (χ3n) is 7.27. The maximum Gasteiger partial charge on any atom is 0.296 e. The molecule has 3 fully saturated rings. The molecule has 1 aromatic carbocycles. The summed E-state index contributed by atoms with van der Waals surface area (Å²) in [5.74, 6) is 1.28. The minimum absolute atomic E-state index is 0.0904. The van der Waals surface area contributed by atoms with E-state index in [-0.39, 0.29) is 17.8 Å². The fraction of sp³-hybridized carbons (Fsp3) is 0.520. The summed E-state index contributed by atoms with van der Waals surface area (Å²) in [6, 6.07) is 8.73. The van der Waals surface area contributed by atoms with E-state index in [4.69, 9.17) is 14.7 Å². The van der Waals surface area contributed by atoms with E-state index in [9.17, 15) is 13.6 Å². The molecular formula is C25H30F2N8O2. The Hall–Kier alpha value is -3.38. The second-order valence-electron chi connectivity index (χ2n) is 9.54. The number of amides is 1. The van der Waals surface area contributed by atoms with Crippen LogP contribution in [0.3, 0.4) is 0 Å². The van der Waals surface area contributed by atoms with Gasteiger partial charge in [0.2, 0.25) is 11.9 Å². The maximum absolute atomic E-state index is 14.1. The Bertz CT molecular complexity index is 1260. The average Bonchev–Trinajstić information content (AvgIpc) is 3.62. The Morgan fingerprint density at radius 2 is 1.73 bits per heavy atom. The zero-order chi connectivity index (χ0) is 25.4. The van der Waals surface area contributed by atoms with Gasteiger partial charge in [0.05, 0.1) is 30.3 Å². The number of para-hydroxylation sites is 2. The van der Waals surface area contributed by atoms with E-state index in [1.54, 1.807) is 30.3 Å². The summed E-state index contributed by atoms with van der Waals surface area (Å²) in [4.78, 5) is 32.6. The summed E-state index contributed by atoms with van der Waals surface area (Å²) in [6.45, 7) is 5.59. The van der Waals surface area contributed by atoms with Gasteiger partial charge >= 0.3 is 0 Å². The van der Waals surface area contributed by atoms with Crippen LogP contribution in [-0.2, 0) is 9.53 Å². The topological polar surface area (TPSA) is 91.7 Å². The van der Waals surface area contributed by atoms with Crippen molar-refractivity contribution in [2.75, 3.05) is 68.8 Å². The van der Waals surface area contributed by atoms with Gasteiger partial charge in [-0.3, -0.25) is 9.36 Å². The van der Waals surface area contributed by atoms with Gasteiger partial charge in [0.15, 0.2) is 5.82 Å². The lowest BCUT2D eigenvalue weighted by Gasteiger charge is -2.37. The molecule has 2 aromatic heterocycles. The molecule has 1 atom stereocenters. The van der Waals surface area contributed by atoms with Gasteiger partial charge in [0, 0.05) is 45.3 Å². The molecule has 1 N–H and O–H groups in total. The summed E-state index contributed by atoms with van der Waals surface area (Å²) in [5, 5.41) is 3.28. The fourth-order valence-corrected chi connectivity index (χ4v) is 5.29. The lowest BCUT2D eigenvalue weighted by atomic mass is 10.2. The molecule has 37 heavy (non-hydrogen) atoms. The Balaban J connectivity index is 1.35. The molecule has 3 saturated heterocycles. The fourth-order valence-electron chi connectivity index (χ4n) is 5.29. The van der Waals surface area contributed by atoms with E-state index in [1.807, 2.05) is 9.80 Å². The summed E-state index contributed by atoms with van der Waals surface area (Å²) >= 11 is 0. The van der Waals surface area contributed by atoms with Crippen molar-refractivity contribution in [2.24, 2.45) is 0 Å². The summed E-state index contributed by atoms with van der Waals surface area (Å²) in [6.07, 6.45) is -0.868. The average molecular weight is 513 g/mol. The molecule has 0 aliphatic carbocycles. The summed E-state index contributed by atoms with van der Waals surface area (Å²) in [7, 11) is 0. The van der Waals surface area contributed by atoms with Crippen molar-refractivity contribution < 1.29 is 18.3 Å². The minimum atomic E-state index is -2.77. The molecule has 10 nitrogen and oxygen atoms in total. The van der Waals surface area contributed by atoms with Crippen LogP contribution in [0, 0.1) is 0 Å². The van der Waals surface area contributed by atoms with Crippen molar-refractivity contribution in [3.63, 3.8) is 0 Å². The number of fused-ring (bicyclic) bond motifs is 1. The highest BCUT2D eigenvalue weighted by Crippen LogP contribution is 2.30. The van der Waals surface area contributed by atoms with Crippen molar-refractivity contribution in [1.82, 2.24) is 29.7 Å². The van der Waals surface area contributed by atoms with Crippen LogP contribution < -0.4 is 15.1 Å². The molecular weight excluding hydrogens is 482 g/mol. The first-order valence-corrected chi connectivity index (χ1v) is 12.8. The lowest BCUT2D eigenvalue weighted by molar-refractivity contribution is -0.133. The van der Waals surface area contributed by atoms with Crippen molar-refractivity contribution in [1.29, 1.82) is 0 Å². The monoisotopic (exact) mass is 512 g/mol. The van der Waals surface area contributed by atoms with Crippen molar-refractivity contribution in [3.05, 3.63) is 36.2 Å². The van der Waals surface area contributed by atoms with Crippen molar-refractivity contribution in [2.45, 2.75) is 25.3 Å². The molecule has 0 radical (unpaired) electrons. The number of hydrogen-bond donors (Lipinski definition) is 1. The van der Waals surface area contributed by atoms with Crippen LogP contribution in [0.5, 0.6) is 0 Å². The predicted molar refractivity (Wildman–Crippen MR) is 134 cm³/mol. The molecule has 0 saturated carbocycles. The van der Waals surface area contributed by atoms with E-state index in [0.717, 1.165) is 19.4 Å². The number of morpholine rings is 1. The van der Waals surface area contributed by atoms with E-state index in [1.165, 1.54) is 4.57 Å². The second-order valence-corrected chi connectivity index (χ2v) is 9.54. The molecule has 12 heteroatoms. The number of nitrogens with one attached hydrogen (secondary N) is 1. The Kier molecular flexibility index (Phi) is 6.59. The Morgan fingerprint density at radius 3 is 2.46 bits per heavy atom. The summed E-state index contributed by atoms with van der Waals surface area (Å²) in [5.41, 5.74) is 1.05. The third kappa shape index (κ3) is 4.71. The molecule has 3 aromatic rings. The maximum atomic E-state index is 14.1. The smallest absolute Gasteiger partial charge is 0.296 e. The second kappa shape index (κ2) is 10.2. The van der Waals surface area contributed by atoms with E-state index in [2.05, 4.69) is 15.2 Å². The van der Waals surface area contributed by atoms with Gasteiger partial charge in [-0.2, -0.15) is 9.97 Å². The van der Waals surface area contributed by atoms with Crippen molar-refractivity contribution in [3.8, 4) is 5.82 Å². The number of imidazole rings is 1. The van der Waals surface area contributed by atoms with Gasteiger partial charge in [0.25, 0.3) is 6.43 Å². The minimum Gasteiger partial charge on any atom is -0.378 e. The highest BCUT2D eigenvalue weighted by atomic mass is 19.3. The summed E-state index contributed by atoms with van der Waals surface area (Å²) < 4.78 is 35.1. The molecule has 0 bridgehead atoms. The number of alkyl halides is 2. The number of carbonyl (C=O) groups excluding carboxylic acids is 1. The zero-order valence-corrected chi connectivity index (χ0v) is 20.5. The van der Waals surface area contributed by atoms with Crippen LogP contribution in [0.25, 0.3) is 16.9 Å². The van der Waals surface area contributed by atoms with Gasteiger partial charge in [0.1, 0.15) is 11.6 Å². The van der Waals surface area contributed by atoms with Gasteiger partial charge in [-0.1, -0.05) is 12.1 Å². The Morgan fingerprint density at radius 1 is 0.973 bits per heavy atom. The highest BCUT2D eigenvalue weighted by Gasteiger charge is 2.30. The van der Waals surface area contributed by atoms with Crippen LogP contribution in [-0.4, -0.2) is 95.4 Å². The molecule has 0 unspecified atom stereocenters. The molecule has 3 aliphatic heterocycles. The third-order valence-corrected chi connectivity index (χ3v) is 7.27. The first-order valence-electron chi connectivity index (χ1n) is 12.8. The SMILES string of the molecule is O=C([C@@H]1CCCN1)N1CCN(c2cc(-n3c(C(F)F)nc4ccccc43)nc(N3CCOCC3)n2)CC1. The predicted octanol–water partition coefficient (Wildman–Crippen LogP) is 1.99. The number of nitrogens with zero attached hydrogens (tertiary/aromatic N) is 7. The van der Waals surface area contributed by atoms with E-state index in [0.29, 0.717) is 81.1 Å². The van der Waals surface area contributed by atoms with E-state index < -0.39 is 6.43 Å². The van der Waals surface area contributed by atoms with Crippen LogP contribution >= 0.6 is 0 Å². The first-order chi connectivity index (χ1) is 18.1.